The van der Waals surface area contributed by atoms with Crippen LogP contribution in [0.25, 0.3) is 0 Å². The lowest BCUT2D eigenvalue weighted by molar-refractivity contribution is -0.205. The molecule has 0 saturated heterocycles. The van der Waals surface area contributed by atoms with Gasteiger partial charge in [0.15, 0.2) is 5.79 Å². The molecule has 104 valence electrons. The topological polar surface area (TPSA) is 44.8 Å². The molecule has 0 aromatic rings. The average Bonchev–Trinajstić information content (AvgIpc) is 2.84. The molecule has 2 saturated carbocycles. The molecule has 0 amide bonds. The van der Waals surface area contributed by atoms with Crippen molar-refractivity contribution >= 4 is 5.97 Å². The molecule has 1 unspecified atom stereocenters. The van der Waals surface area contributed by atoms with Gasteiger partial charge in [-0.05, 0) is 37.5 Å². The summed E-state index contributed by atoms with van der Waals surface area (Å²) < 4.78 is 16.1. The molecule has 2 aliphatic carbocycles. The van der Waals surface area contributed by atoms with E-state index in [2.05, 4.69) is 0 Å². The minimum Gasteiger partial charge on any atom is -0.466 e. The molecule has 4 nitrogen and oxygen atoms in total. The molecule has 4 heteroatoms. The predicted octanol–water partition coefficient (Wildman–Crippen LogP) is 2.36. The maximum absolute atomic E-state index is 11.5. The molecular formula is C14H24O4. The zero-order valence-corrected chi connectivity index (χ0v) is 11.6. The zero-order valence-electron chi connectivity index (χ0n) is 11.6. The molecule has 3 atom stereocenters. The van der Waals surface area contributed by atoms with Crippen molar-refractivity contribution in [2.75, 3.05) is 20.8 Å². The fourth-order valence-corrected chi connectivity index (χ4v) is 3.76. The number of esters is 1. The van der Waals surface area contributed by atoms with Crippen molar-refractivity contribution in [3.05, 3.63) is 0 Å². The fraction of sp³-hybridized carbons (Fsp3) is 0.929. The van der Waals surface area contributed by atoms with Gasteiger partial charge >= 0.3 is 5.97 Å². The molecule has 0 heterocycles. The molecule has 2 rings (SSSR count). The SMILES string of the molecule is CCOC(=O)CC1C[C@@H]2CC(OC)(OC)C[C@@H]2C1. The molecule has 0 aromatic heterocycles. The van der Waals surface area contributed by atoms with Crippen molar-refractivity contribution in [2.45, 2.75) is 44.8 Å². The molecule has 0 aliphatic heterocycles. The first-order chi connectivity index (χ1) is 8.62. The van der Waals surface area contributed by atoms with Crippen LogP contribution in [0.3, 0.4) is 0 Å². The van der Waals surface area contributed by atoms with Gasteiger partial charge in [0.05, 0.1) is 6.61 Å². The summed E-state index contributed by atoms with van der Waals surface area (Å²) in [5.74, 6) is 1.36. The molecule has 2 aliphatic rings. The van der Waals surface area contributed by atoms with E-state index in [9.17, 15) is 4.79 Å². The predicted molar refractivity (Wildman–Crippen MR) is 66.9 cm³/mol. The Hall–Kier alpha value is -0.610. The lowest BCUT2D eigenvalue weighted by Crippen LogP contribution is -2.31. The van der Waals surface area contributed by atoms with Crippen LogP contribution in [-0.2, 0) is 19.0 Å². The lowest BCUT2D eigenvalue weighted by atomic mass is 9.98. The molecule has 2 fully saturated rings. The van der Waals surface area contributed by atoms with Gasteiger partial charge in [-0.3, -0.25) is 4.79 Å². The average molecular weight is 256 g/mol. The van der Waals surface area contributed by atoms with Crippen molar-refractivity contribution in [3.8, 4) is 0 Å². The largest absolute Gasteiger partial charge is 0.466 e. The first-order valence-corrected chi connectivity index (χ1v) is 6.88. The summed E-state index contributed by atoms with van der Waals surface area (Å²) in [6.07, 6.45) is 4.72. The molecule has 0 radical (unpaired) electrons. The number of carbonyl (C=O) groups excluding carboxylic acids is 1. The Morgan fingerprint density at radius 1 is 1.17 bits per heavy atom. The van der Waals surface area contributed by atoms with Gasteiger partial charge in [-0.15, -0.1) is 0 Å². The van der Waals surface area contributed by atoms with Crippen molar-refractivity contribution in [1.29, 1.82) is 0 Å². The van der Waals surface area contributed by atoms with E-state index < -0.39 is 0 Å². The van der Waals surface area contributed by atoms with Gasteiger partial charge in [0.2, 0.25) is 0 Å². The lowest BCUT2D eigenvalue weighted by Gasteiger charge is -2.27. The Morgan fingerprint density at radius 3 is 2.17 bits per heavy atom. The van der Waals surface area contributed by atoms with E-state index in [0.29, 0.717) is 30.8 Å². The second kappa shape index (κ2) is 5.57. The summed E-state index contributed by atoms with van der Waals surface area (Å²) >= 11 is 0. The van der Waals surface area contributed by atoms with E-state index in [1.54, 1.807) is 14.2 Å². The minimum atomic E-state index is -0.371. The van der Waals surface area contributed by atoms with Gasteiger partial charge in [-0.25, -0.2) is 0 Å². The molecular weight excluding hydrogens is 232 g/mol. The molecule has 0 bridgehead atoms. The van der Waals surface area contributed by atoms with Crippen LogP contribution in [0, 0.1) is 17.8 Å². The highest BCUT2D eigenvalue weighted by atomic mass is 16.7. The van der Waals surface area contributed by atoms with Crippen LogP contribution < -0.4 is 0 Å². The van der Waals surface area contributed by atoms with Crippen LogP contribution in [0.2, 0.25) is 0 Å². The van der Waals surface area contributed by atoms with Crippen molar-refractivity contribution in [1.82, 2.24) is 0 Å². The molecule has 0 aromatic carbocycles. The van der Waals surface area contributed by atoms with Crippen LogP contribution in [0.4, 0.5) is 0 Å². The van der Waals surface area contributed by atoms with Crippen molar-refractivity contribution in [2.24, 2.45) is 17.8 Å². The van der Waals surface area contributed by atoms with Crippen molar-refractivity contribution in [3.63, 3.8) is 0 Å². The quantitative estimate of drug-likeness (QED) is 0.559. The van der Waals surface area contributed by atoms with Gasteiger partial charge in [-0.1, -0.05) is 0 Å². The van der Waals surface area contributed by atoms with Gasteiger partial charge in [-0.2, -0.15) is 0 Å². The third-order valence-corrected chi connectivity index (χ3v) is 4.59. The highest BCUT2D eigenvalue weighted by Crippen LogP contribution is 2.52. The number of ether oxygens (including phenoxy) is 3. The van der Waals surface area contributed by atoms with E-state index in [0.717, 1.165) is 25.7 Å². The van der Waals surface area contributed by atoms with Crippen LogP contribution in [0.1, 0.15) is 39.0 Å². The second-order valence-electron chi connectivity index (χ2n) is 5.59. The summed E-state index contributed by atoms with van der Waals surface area (Å²) in [5, 5.41) is 0. The summed E-state index contributed by atoms with van der Waals surface area (Å²) in [6.45, 7) is 2.34. The Labute approximate surface area is 109 Å². The van der Waals surface area contributed by atoms with E-state index in [1.165, 1.54) is 0 Å². The number of carbonyl (C=O) groups is 1. The molecule has 18 heavy (non-hydrogen) atoms. The summed E-state index contributed by atoms with van der Waals surface area (Å²) in [5.41, 5.74) is 0. The Balaban J connectivity index is 1.84. The number of hydrogen-bond donors (Lipinski definition) is 0. The van der Waals surface area contributed by atoms with Gasteiger partial charge < -0.3 is 14.2 Å². The van der Waals surface area contributed by atoms with Crippen LogP contribution in [0.15, 0.2) is 0 Å². The van der Waals surface area contributed by atoms with Crippen molar-refractivity contribution < 1.29 is 19.0 Å². The summed E-state index contributed by atoms with van der Waals surface area (Å²) in [7, 11) is 3.45. The first kappa shape index (κ1) is 13.8. The number of hydrogen-bond acceptors (Lipinski definition) is 4. The summed E-state index contributed by atoms with van der Waals surface area (Å²) in [4.78, 5) is 11.5. The normalized spacial score (nSPS) is 33.4. The number of methoxy groups -OCH3 is 2. The third-order valence-electron chi connectivity index (χ3n) is 4.59. The van der Waals surface area contributed by atoms with E-state index in [4.69, 9.17) is 14.2 Å². The minimum absolute atomic E-state index is 0.0489. The summed E-state index contributed by atoms with van der Waals surface area (Å²) in [6, 6.07) is 0. The second-order valence-corrected chi connectivity index (χ2v) is 5.59. The Bertz CT molecular complexity index is 282. The van der Waals surface area contributed by atoms with E-state index in [1.807, 2.05) is 6.92 Å². The molecule has 0 spiro atoms. The monoisotopic (exact) mass is 256 g/mol. The van der Waals surface area contributed by atoms with Gasteiger partial charge in [0.25, 0.3) is 0 Å². The Morgan fingerprint density at radius 2 is 1.72 bits per heavy atom. The Kier molecular flexibility index (Phi) is 4.28. The standard InChI is InChI=1S/C14H24O4/c1-4-18-13(15)7-10-5-11-8-14(16-2,17-3)9-12(11)6-10/h10-12H,4-9H2,1-3H3/t10?,11-,12+. The third kappa shape index (κ3) is 2.69. The fourth-order valence-electron chi connectivity index (χ4n) is 3.76. The highest BCUT2D eigenvalue weighted by Gasteiger charge is 2.50. The van der Waals surface area contributed by atoms with Crippen LogP contribution in [0.5, 0.6) is 0 Å². The van der Waals surface area contributed by atoms with E-state index >= 15 is 0 Å². The maximum atomic E-state index is 11.5. The number of rotatable bonds is 5. The first-order valence-electron chi connectivity index (χ1n) is 6.88. The van der Waals surface area contributed by atoms with Gasteiger partial charge in [0.1, 0.15) is 0 Å². The highest BCUT2D eigenvalue weighted by molar-refractivity contribution is 5.69. The van der Waals surface area contributed by atoms with Crippen LogP contribution >= 0.6 is 0 Å². The maximum Gasteiger partial charge on any atom is 0.306 e. The van der Waals surface area contributed by atoms with Crippen LogP contribution in [-0.4, -0.2) is 32.6 Å². The molecule has 0 N–H and O–H groups in total. The van der Waals surface area contributed by atoms with E-state index in [-0.39, 0.29) is 11.8 Å². The smallest absolute Gasteiger partial charge is 0.306 e. The number of fused-ring (bicyclic) bond motifs is 1. The zero-order chi connectivity index (χ0) is 13.2. The van der Waals surface area contributed by atoms with Gasteiger partial charge in [0, 0.05) is 33.5 Å².